The number of hydrogen-bond acceptors (Lipinski definition) is 6. The second kappa shape index (κ2) is 9.16. The third-order valence-corrected chi connectivity index (χ3v) is 5.72. The van der Waals surface area contributed by atoms with Crippen LogP contribution >= 0.6 is 11.3 Å². The number of ether oxygens (including phenoxy) is 1. The lowest BCUT2D eigenvalue weighted by Crippen LogP contribution is -2.12. The molecule has 162 valence electrons. The Morgan fingerprint density at radius 2 is 2.10 bits per heavy atom. The molecule has 0 aliphatic heterocycles. The number of pyridine rings is 1. The minimum atomic E-state index is -4.61. The number of aromatic nitrogens is 2. The summed E-state index contributed by atoms with van der Waals surface area (Å²) in [5.74, 6) is -0.481. The van der Waals surface area contributed by atoms with Gasteiger partial charge in [-0.05, 0) is 49.7 Å². The topological polar surface area (TPSA) is 64.1 Å². The molecule has 30 heavy (non-hydrogen) atoms. The third kappa shape index (κ3) is 5.19. The third-order valence-electron chi connectivity index (χ3n) is 4.73. The van der Waals surface area contributed by atoms with Crippen molar-refractivity contribution in [1.29, 1.82) is 0 Å². The zero-order chi connectivity index (χ0) is 21.9. The Bertz CT molecular complexity index is 951. The van der Waals surface area contributed by atoms with Crippen LogP contribution in [0.5, 0.6) is 0 Å². The SMILES string of the molecule is COC(=O)c1cc(C(F)(F)F)cnc1Nc1nc(C2=CCCCC2)c(CC(C)C)s1. The van der Waals surface area contributed by atoms with E-state index in [1.807, 2.05) is 0 Å². The fourth-order valence-electron chi connectivity index (χ4n) is 3.30. The number of hydrogen-bond donors (Lipinski definition) is 1. The van der Waals surface area contributed by atoms with Crippen molar-refractivity contribution in [2.24, 2.45) is 5.92 Å². The number of methoxy groups -OCH3 is 1. The second-order valence-electron chi connectivity index (χ2n) is 7.60. The fraction of sp³-hybridized carbons (Fsp3) is 0.476. The average Bonchev–Trinajstić information content (AvgIpc) is 3.09. The summed E-state index contributed by atoms with van der Waals surface area (Å²) >= 11 is 1.44. The Morgan fingerprint density at radius 3 is 2.70 bits per heavy atom. The number of carbonyl (C=O) groups is 1. The first-order valence-electron chi connectivity index (χ1n) is 9.80. The van der Waals surface area contributed by atoms with E-state index in [1.54, 1.807) is 0 Å². The predicted molar refractivity (Wildman–Crippen MR) is 111 cm³/mol. The molecule has 2 aromatic heterocycles. The van der Waals surface area contributed by atoms with E-state index in [-0.39, 0.29) is 11.4 Å². The van der Waals surface area contributed by atoms with Gasteiger partial charge in [-0.15, -0.1) is 11.3 Å². The van der Waals surface area contributed by atoms with Crippen molar-refractivity contribution in [1.82, 2.24) is 9.97 Å². The van der Waals surface area contributed by atoms with E-state index >= 15 is 0 Å². The van der Waals surface area contributed by atoms with Crippen LogP contribution in [0.2, 0.25) is 0 Å². The molecule has 1 aliphatic rings. The highest BCUT2D eigenvalue weighted by Gasteiger charge is 2.33. The molecule has 5 nitrogen and oxygen atoms in total. The van der Waals surface area contributed by atoms with Crippen LogP contribution in [-0.2, 0) is 17.3 Å². The van der Waals surface area contributed by atoms with Gasteiger partial charge < -0.3 is 10.1 Å². The number of alkyl halides is 3. The highest BCUT2D eigenvalue weighted by atomic mass is 32.1. The smallest absolute Gasteiger partial charge is 0.417 e. The number of rotatable bonds is 6. The van der Waals surface area contributed by atoms with Gasteiger partial charge in [0.1, 0.15) is 11.4 Å². The number of thiazole rings is 1. The van der Waals surface area contributed by atoms with E-state index in [2.05, 4.69) is 35.0 Å². The maximum Gasteiger partial charge on any atom is 0.417 e. The van der Waals surface area contributed by atoms with Crippen LogP contribution in [-0.4, -0.2) is 23.0 Å². The molecule has 0 unspecified atom stereocenters. The van der Waals surface area contributed by atoms with E-state index in [0.717, 1.165) is 55.9 Å². The van der Waals surface area contributed by atoms with Crippen LogP contribution in [0, 0.1) is 5.92 Å². The molecule has 0 saturated heterocycles. The van der Waals surface area contributed by atoms with Crippen molar-refractivity contribution in [3.63, 3.8) is 0 Å². The van der Waals surface area contributed by atoms with Crippen molar-refractivity contribution in [2.45, 2.75) is 52.1 Å². The quantitative estimate of drug-likeness (QED) is 0.540. The molecule has 1 aliphatic carbocycles. The van der Waals surface area contributed by atoms with Crippen molar-refractivity contribution >= 4 is 33.8 Å². The molecule has 2 heterocycles. The summed E-state index contributed by atoms with van der Waals surface area (Å²) in [5, 5.41) is 3.43. The summed E-state index contributed by atoms with van der Waals surface area (Å²) in [6.07, 6.45) is 3.39. The lowest BCUT2D eigenvalue weighted by molar-refractivity contribution is -0.137. The normalized spacial score (nSPS) is 14.6. The van der Waals surface area contributed by atoms with Crippen LogP contribution in [0.1, 0.15) is 66.0 Å². The molecule has 0 fully saturated rings. The average molecular weight is 440 g/mol. The summed E-state index contributed by atoms with van der Waals surface area (Å²) in [7, 11) is 1.12. The maximum absolute atomic E-state index is 13.0. The van der Waals surface area contributed by atoms with Gasteiger partial charge in [0, 0.05) is 11.1 Å². The largest absolute Gasteiger partial charge is 0.465 e. The number of halogens is 3. The number of nitrogens with one attached hydrogen (secondary N) is 1. The minimum Gasteiger partial charge on any atom is -0.465 e. The van der Waals surface area contributed by atoms with Crippen molar-refractivity contribution in [3.05, 3.63) is 40.0 Å². The van der Waals surface area contributed by atoms with E-state index in [0.29, 0.717) is 17.2 Å². The monoisotopic (exact) mass is 439 g/mol. The molecule has 0 radical (unpaired) electrons. The predicted octanol–water partition coefficient (Wildman–Crippen LogP) is 6.24. The molecule has 0 atom stereocenters. The van der Waals surface area contributed by atoms with Crippen molar-refractivity contribution in [3.8, 4) is 0 Å². The Hall–Kier alpha value is -2.42. The molecule has 0 saturated carbocycles. The molecule has 0 aromatic carbocycles. The molecule has 9 heteroatoms. The Labute approximate surface area is 177 Å². The number of anilines is 2. The first-order valence-corrected chi connectivity index (χ1v) is 10.6. The van der Waals surface area contributed by atoms with Gasteiger partial charge in [0.2, 0.25) is 0 Å². The molecular formula is C21H24F3N3O2S. The summed E-state index contributed by atoms with van der Waals surface area (Å²) in [4.78, 5) is 21.7. The van der Waals surface area contributed by atoms with Crippen molar-refractivity contribution < 1.29 is 22.7 Å². The summed E-state index contributed by atoms with van der Waals surface area (Å²) in [6.45, 7) is 4.25. The fourth-order valence-corrected chi connectivity index (χ4v) is 4.51. The van der Waals surface area contributed by atoms with Gasteiger partial charge in [0.05, 0.1) is 18.4 Å². The number of esters is 1. The van der Waals surface area contributed by atoms with Gasteiger partial charge in [0.15, 0.2) is 5.13 Å². The number of carbonyl (C=O) groups excluding carboxylic acids is 1. The molecule has 0 amide bonds. The first-order chi connectivity index (χ1) is 14.2. The first kappa shape index (κ1) is 22.3. The molecule has 0 spiro atoms. The molecule has 0 bridgehead atoms. The van der Waals surface area contributed by atoms with E-state index < -0.39 is 17.7 Å². The zero-order valence-corrected chi connectivity index (χ0v) is 17.9. The van der Waals surface area contributed by atoms with Crippen molar-refractivity contribution in [2.75, 3.05) is 12.4 Å². The van der Waals surface area contributed by atoms with E-state index in [1.165, 1.54) is 16.9 Å². The van der Waals surface area contributed by atoms with Crippen LogP contribution < -0.4 is 5.32 Å². The highest BCUT2D eigenvalue weighted by molar-refractivity contribution is 7.15. The van der Waals surface area contributed by atoms with Crippen LogP contribution in [0.4, 0.5) is 24.1 Å². The van der Waals surface area contributed by atoms with Gasteiger partial charge in [-0.2, -0.15) is 13.2 Å². The minimum absolute atomic E-state index is 0.0103. The van der Waals surface area contributed by atoms with E-state index in [9.17, 15) is 18.0 Å². The number of nitrogens with zero attached hydrogens (tertiary/aromatic N) is 2. The molecule has 1 N–H and O–H groups in total. The summed E-state index contributed by atoms with van der Waals surface area (Å²) < 4.78 is 43.8. The van der Waals surface area contributed by atoms with E-state index in [4.69, 9.17) is 4.98 Å². The Morgan fingerprint density at radius 1 is 1.33 bits per heavy atom. The van der Waals surface area contributed by atoms with Crippen LogP contribution in [0.25, 0.3) is 5.57 Å². The lowest BCUT2D eigenvalue weighted by atomic mass is 9.95. The van der Waals surface area contributed by atoms with Gasteiger partial charge in [-0.25, -0.2) is 14.8 Å². The van der Waals surface area contributed by atoms with Gasteiger partial charge in [-0.1, -0.05) is 19.9 Å². The maximum atomic E-state index is 13.0. The van der Waals surface area contributed by atoms with Gasteiger partial charge in [0.25, 0.3) is 0 Å². The number of allylic oxidation sites excluding steroid dienone is 2. The second-order valence-corrected chi connectivity index (χ2v) is 8.68. The highest BCUT2D eigenvalue weighted by Crippen LogP contribution is 2.37. The van der Waals surface area contributed by atoms with Gasteiger partial charge in [-0.3, -0.25) is 0 Å². The van der Waals surface area contributed by atoms with Crippen LogP contribution in [0.3, 0.4) is 0 Å². The zero-order valence-electron chi connectivity index (χ0n) is 17.1. The Kier molecular flexibility index (Phi) is 6.80. The Balaban J connectivity index is 1.98. The summed E-state index contributed by atoms with van der Waals surface area (Å²) in [6, 6.07) is 0.744. The van der Waals surface area contributed by atoms with Crippen LogP contribution in [0.15, 0.2) is 18.3 Å². The molecule has 3 rings (SSSR count). The molecular weight excluding hydrogens is 415 g/mol. The lowest BCUT2D eigenvalue weighted by Gasteiger charge is -2.13. The molecule has 2 aromatic rings. The standard InChI is InChI=1S/C21H24F3N3O2S/c1-12(2)9-16-17(13-7-5-4-6-8-13)26-20(30-16)27-18-15(19(28)29-3)10-14(11-25-18)21(22,23)24/h7,10-12H,4-6,8-9H2,1-3H3,(H,25,26,27). The van der Waals surface area contributed by atoms with Gasteiger partial charge >= 0.3 is 12.1 Å². The summed E-state index contributed by atoms with van der Waals surface area (Å²) in [5.41, 5.74) is 0.838.